The normalized spacial score (nSPS) is 23.6. The minimum atomic E-state index is -0.305. The second-order valence-corrected chi connectivity index (χ2v) is 2.86. The number of ether oxygens (including phenoxy) is 2. The van der Waals surface area contributed by atoms with Gasteiger partial charge in [0, 0.05) is 6.54 Å². The van der Waals surface area contributed by atoms with Gasteiger partial charge >= 0.3 is 5.97 Å². The van der Waals surface area contributed by atoms with Crippen LogP contribution in [0.4, 0.5) is 0 Å². The Morgan fingerprint density at radius 3 is 3.08 bits per heavy atom. The average molecular weight is 173 g/mol. The minimum Gasteiger partial charge on any atom is -0.467 e. The maximum absolute atomic E-state index is 10.7. The lowest BCUT2D eigenvalue weighted by atomic mass is 10.1. The van der Waals surface area contributed by atoms with E-state index in [1.807, 2.05) is 0 Å². The van der Waals surface area contributed by atoms with Gasteiger partial charge < -0.3 is 14.8 Å². The molecule has 1 aliphatic rings. The molecule has 4 heteroatoms. The van der Waals surface area contributed by atoms with Crippen LogP contribution in [0.1, 0.15) is 12.8 Å². The maximum atomic E-state index is 10.7. The predicted molar refractivity (Wildman–Crippen MR) is 43.9 cm³/mol. The van der Waals surface area contributed by atoms with Gasteiger partial charge in [-0.25, -0.2) is 4.79 Å². The molecule has 70 valence electrons. The standard InChI is InChI=1S/C8H15NO3/c1-11-8(10)6-12-7-3-2-4-9-5-7/h7,9H,2-6H2,1H3/t7-/m0/s1. The number of rotatable bonds is 3. The van der Waals surface area contributed by atoms with Crippen molar-refractivity contribution in [1.82, 2.24) is 5.32 Å². The van der Waals surface area contributed by atoms with E-state index in [9.17, 15) is 4.79 Å². The van der Waals surface area contributed by atoms with Crippen LogP contribution in [-0.4, -0.2) is 38.9 Å². The van der Waals surface area contributed by atoms with Crippen molar-refractivity contribution in [3.63, 3.8) is 0 Å². The lowest BCUT2D eigenvalue weighted by Gasteiger charge is -2.22. The molecule has 0 bridgehead atoms. The van der Waals surface area contributed by atoms with E-state index < -0.39 is 0 Å². The molecule has 4 nitrogen and oxygen atoms in total. The van der Waals surface area contributed by atoms with E-state index in [2.05, 4.69) is 10.1 Å². The summed E-state index contributed by atoms with van der Waals surface area (Å²) in [6.45, 7) is 1.97. The molecule has 1 atom stereocenters. The molecule has 12 heavy (non-hydrogen) atoms. The number of esters is 1. The Balaban J connectivity index is 2.09. The van der Waals surface area contributed by atoms with E-state index in [1.165, 1.54) is 7.11 Å². The fourth-order valence-corrected chi connectivity index (χ4v) is 1.21. The maximum Gasteiger partial charge on any atom is 0.331 e. The highest BCUT2D eigenvalue weighted by Crippen LogP contribution is 2.05. The third kappa shape index (κ3) is 3.19. The van der Waals surface area contributed by atoms with Crippen molar-refractivity contribution in [2.75, 3.05) is 26.8 Å². The Morgan fingerprint density at radius 2 is 2.50 bits per heavy atom. The van der Waals surface area contributed by atoms with Gasteiger partial charge in [-0.05, 0) is 19.4 Å². The summed E-state index contributed by atoms with van der Waals surface area (Å²) in [6, 6.07) is 0. The summed E-state index contributed by atoms with van der Waals surface area (Å²) in [6.07, 6.45) is 2.33. The van der Waals surface area contributed by atoms with Crippen LogP contribution < -0.4 is 5.32 Å². The van der Waals surface area contributed by atoms with Gasteiger partial charge in [0.05, 0.1) is 13.2 Å². The Morgan fingerprint density at radius 1 is 1.67 bits per heavy atom. The summed E-state index contributed by atoms with van der Waals surface area (Å²) in [7, 11) is 1.37. The second kappa shape index (κ2) is 5.11. The molecule has 1 saturated heterocycles. The van der Waals surface area contributed by atoms with Crippen molar-refractivity contribution in [3.8, 4) is 0 Å². The van der Waals surface area contributed by atoms with Crippen molar-refractivity contribution < 1.29 is 14.3 Å². The van der Waals surface area contributed by atoms with Crippen molar-refractivity contribution in [3.05, 3.63) is 0 Å². The van der Waals surface area contributed by atoms with E-state index in [4.69, 9.17) is 4.74 Å². The predicted octanol–water partition coefficient (Wildman–Crippen LogP) is -0.0720. The zero-order valence-electron chi connectivity index (χ0n) is 7.34. The largest absolute Gasteiger partial charge is 0.467 e. The second-order valence-electron chi connectivity index (χ2n) is 2.86. The monoisotopic (exact) mass is 173 g/mol. The van der Waals surface area contributed by atoms with Crippen LogP contribution in [0, 0.1) is 0 Å². The lowest BCUT2D eigenvalue weighted by molar-refractivity contribution is -0.148. The molecule has 0 spiro atoms. The number of hydrogen-bond donors (Lipinski definition) is 1. The van der Waals surface area contributed by atoms with Crippen LogP contribution in [0.5, 0.6) is 0 Å². The van der Waals surface area contributed by atoms with Crippen LogP contribution in [0.2, 0.25) is 0 Å². The summed E-state index contributed by atoms with van der Waals surface area (Å²) in [5.41, 5.74) is 0. The molecule has 0 amide bonds. The van der Waals surface area contributed by atoms with Crippen molar-refractivity contribution in [1.29, 1.82) is 0 Å². The SMILES string of the molecule is COC(=O)CO[C@H]1CCCNC1. The summed E-state index contributed by atoms with van der Waals surface area (Å²) in [5.74, 6) is -0.305. The first-order chi connectivity index (χ1) is 5.83. The Hall–Kier alpha value is -0.610. The van der Waals surface area contributed by atoms with Gasteiger partial charge in [0.15, 0.2) is 0 Å². The summed E-state index contributed by atoms with van der Waals surface area (Å²) in [5, 5.41) is 3.20. The number of nitrogens with one attached hydrogen (secondary N) is 1. The highest BCUT2D eigenvalue weighted by Gasteiger charge is 2.14. The van der Waals surface area contributed by atoms with Crippen molar-refractivity contribution >= 4 is 5.97 Å². The molecule has 0 aromatic rings. The van der Waals surface area contributed by atoms with Crippen molar-refractivity contribution in [2.24, 2.45) is 0 Å². The minimum absolute atomic E-state index is 0.0723. The van der Waals surface area contributed by atoms with Crippen LogP contribution >= 0.6 is 0 Å². The van der Waals surface area contributed by atoms with Gasteiger partial charge in [0.2, 0.25) is 0 Å². The molecular weight excluding hydrogens is 158 g/mol. The molecular formula is C8H15NO3. The molecule has 0 radical (unpaired) electrons. The molecule has 0 unspecified atom stereocenters. The van der Waals surface area contributed by atoms with E-state index in [1.54, 1.807) is 0 Å². The van der Waals surface area contributed by atoms with Crippen molar-refractivity contribution in [2.45, 2.75) is 18.9 Å². The zero-order valence-corrected chi connectivity index (χ0v) is 7.34. The van der Waals surface area contributed by atoms with Gasteiger partial charge in [-0.3, -0.25) is 0 Å². The third-order valence-electron chi connectivity index (χ3n) is 1.92. The Labute approximate surface area is 72.2 Å². The van der Waals surface area contributed by atoms with Gasteiger partial charge in [0.1, 0.15) is 6.61 Å². The Kier molecular flexibility index (Phi) is 4.04. The molecule has 0 aromatic carbocycles. The van der Waals surface area contributed by atoms with E-state index in [0.29, 0.717) is 0 Å². The molecule has 1 heterocycles. The zero-order chi connectivity index (χ0) is 8.81. The summed E-state index contributed by atoms with van der Waals surface area (Å²) >= 11 is 0. The molecule has 1 aliphatic heterocycles. The quantitative estimate of drug-likeness (QED) is 0.607. The number of carbonyl (C=O) groups is 1. The first-order valence-electron chi connectivity index (χ1n) is 4.22. The Bertz CT molecular complexity index is 143. The molecule has 0 aliphatic carbocycles. The molecule has 1 rings (SSSR count). The van der Waals surface area contributed by atoms with Crippen LogP contribution in [-0.2, 0) is 14.3 Å². The van der Waals surface area contributed by atoms with Gasteiger partial charge in [0.25, 0.3) is 0 Å². The number of methoxy groups -OCH3 is 1. The average Bonchev–Trinajstić information content (AvgIpc) is 2.16. The van der Waals surface area contributed by atoms with Crippen LogP contribution in [0.15, 0.2) is 0 Å². The smallest absolute Gasteiger partial charge is 0.331 e. The number of piperidine rings is 1. The van der Waals surface area contributed by atoms with Gasteiger partial charge in [-0.15, -0.1) is 0 Å². The lowest BCUT2D eigenvalue weighted by Crippen LogP contribution is -2.36. The first kappa shape index (κ1) is 9.48. The summed E-state index contributed by atoms with van der Waals surface area (Å²) < 4.78 is 9.76. The highest BCUT2D eigenvalue weighted by atomic mass is 16.6. The molecule has 1 N–H and O–H groups in total. The number of hydrogen-bond acceptors (Lipinski definition) is 4. The van der Waals surface area contributed by atoms with Gasteiger partial charge in [-0.2, -0.15) is 0 Å². The first-order valence-corrected chi connectivity index (χ1v) is 4.22. The fourth-order valence-electron chi connectivity index (χ4n) is 1.21. The fraction of sp³-hybridized carbons (Fsp3) is 0.875. The molecule has 1 fully saturated rings. The number of carbonyl (C=O) groups excluding carboxylic acids is 1. The van der Waals surface area contributed by atoms with Crippen LogP contribution in [0.25, 0.3) is 0 Å². The summed E-state index contributed by atoms with van der Waals surface area (Å²) in [4.78, 5) is 10.7. The van der Waals surface area contributed by atoms with Crippen LogP contribution in [0.3, 0.4) is 0 Å². The van der Waals surface area contributed by atoms with E-state index >= 15 is 0 Å². The highest BCUT2D eigenvalue weighted by molar-refractivity contribution is 5.70. The third-order valence-corrected chi connectivity index (χ3v) is 1.92. The van der Waals surface area contributed by atoms with E-state index in [0.717, 1.165) is 25.9 Å². The molecule has 0 aromatic heterocycles. The van der Waals surface area contributed by atoms with Gasteiger partial charge in [-0.1, -0.05) is 0 Å². The van der Waals surface area contributed by atoms with E-state index in [-0.39, 0.29) is 18.7 Å². The molecule has 0 saturated carbocycles. The topological polar surface area (TPSA) is 47.6 Å².